The quantitative estimate of drug-likeness (QED) is 0.927. The maximum Gasteiger partial charge on any atom is 0.112 e. The first-order valence-corrected chi connectivity index (χ1v) is 7.32. The van der Waals surface area contributed by atoms with Crippen molar-refractivity contribution in [1.29, 1.82) is 0 Å². The summed E-state index contributed by atoms with van der Waals surface area (Å²) in [5.74, 6) is 0. The van der Waals surface area contributed by atoms with Gasteiger partial charge >= 0.3 is 0 Å². The van der Waals surface area contributed by atoms with Crippen LogP contribution in [0.4, 0.5) is 5.69 Å². The summed E-state index contributed by atoms with van der Waals surface area (Å²) in [4.78, 5) is 11.0. The van der Waals surface area contributed by atoms with E-state index in [1.165, 1.54) is 0 Å². The summed E-state index contributed by atoms with van der Waals surface area (Å²) in [6.07, 6.45) is 4.52. The van der Waals surface area contributed by atoms with Crippen LogP contribution in [-0.4, -0.2) is 47.5 Å². The summed E-state index contributed by atoms with van der Waals surface area (Å²) in [5.41, 5.74) is 2.70. The topological polar surface area (TPSA) is 58.5 Å². The number of anilines is 1. The number of fused-ring (bicyclic) bond motifs is 1. The van der Waals surface area contributed by atoms with Crippen molar-refractivity contribution in [3.05, 3.63) is 29.0 Å². The molecule has 5 nitrogen and oxygen atoms in total. The van der Waals surface area contributed by atoms with Gasteiger partial charge < -0.3 is 14.7 Å². The molecule has 0 saturated carbocycles. The summed E-state index contributed by atoms with van der Waals surface area (Å²) >= 11 is 3.41. The third kappa shape index (κ3) is 2.39. The Kier molecular flexibility index (Phi) is 3.87. The molecule has 106 valence electrons. The van der Waals surface area contributed by atoms with Gasteiger partial charge in [-0.2, -0.15) is 0 Å². The Hall–Kier alpha value is -1.24. The minimum atomic E-state index is 0.0657. The highest BCUT2D eigenvalue weighted by Gasteiger charge is 2.32. The summed E-state index contributed by atoms with van der Waals surface area (Å²) < 4.78 is 6.34. The first kappa shape index (κ1) is 13.7. The molecule has 0 amide bonds. The first-order chi connectivity index (χ1) is 9.72. The highest BCUT2D eigenvalue weighted by atomic mass is 79.9. The van der Waals surface area contributed by atoms with Crippen LogP contribution in [0.3, 0.4) is 0 Å². The fourth-order valence-electron chi connectivity index (χ4n) is 2.74. The number of hydrogen-bond acceptors (Lipinski definition) is 5. The lowest BCUT2D eigenvalue weighted by Gasteiger charge is -2.25. The number of aliphatic hydroxyl groups excluding tert-OH is 1. The molecule has 1 aliphatic heterocycles. The van der Waals surface area contributed by atoms with Crippen molar-refractivity contribution in [3.63, 3.8) is 0 Å². The molecule has 3 rings (SSSR count). The lowest BCUT2D eigenvalue weighted by Crippen LogP contribution is -2.32. The molecule has 0 radical (unpaired) electrons. The summed E-state index contributed by atoms with van der Waals surface area (Å²) in [5, 5.41) is 9.59. The van der Waals surface area contributed by atoms with Crippen LogP contribution in [0.1, 0.15) is 6.42 Å². The van der Waals surface area contributed by atoms with Crippen LogP contribution >= 0.6 is 15.9 Å². The van der Waals surface area contributed by atoms with E-state index in [4.69, 9.17) is 4.74 Å². The normalized spacial score (nSPS) is 22.6. The number of aliphatic hydroxyl groups is 1. The number of ether oxygens (including phenoxy) is 1. The number of rotatable bonds is 3. The average molecular weight is 338 g/mol. The largest absolute Gasteiger partial charge is 0.394 e. The van der Waals surface area contributed by atoms with Gasteiger partial charge in [-0.1, -0.05) is 0 Å². The highest BCUT2D eigenvalue weighted by Crippen LogP contribution is 2.31. The van der Waals surface area contributed by atoms with E-state index < -0.39 is 0 Å². The van der Waals surface area contributed by atoms with Crippen LogP contribution < -0.4 is 4.90 Å². The van der Waals surface area contributed by atoms with Gasteiger partial charge in [0.15, 0.2) is 0 Å². The van der Waals surface area contributed by atoms with Crippen LogP contribution in [0.5, 0.6) is 0 Å². The first-order valence-electron chi connectivity index (χ1n) is 6.53. The van der Waals surface area contributed by atoms with E-state index in [0.29, 0.717) is 0 Å². The zero-order chi connectivity index (χ0) is 14.1. The monoisotopic (exact) mass is 337 g/mol. The molecule has 6 heteroatoms. The van der Waals surface area contributed by atoms with Crippen LogP contribution in [-0.2, 0) is 4.74 Å². The van der Waals surface area contributed by atoms with Crippen LogP contribution in [0.2, 0.25) is 0 Å². The molecule has 0 bridgehead atoms. The molecular formula is C14H16BrN3O2. The third-order valence-corrected chi connectivity index (χ3v) is 4.19. The number of pyridine rings is 2. The molecule has 0 unspecified atom stereocenters. The lowest BCUT2D eigenvalue weighted by molar-refractivity contribution is 0.115. The molecule has 3 heterocycles. The SMILES string of the molecule is CO[C@H]1C[C@@H](CO)N(c2ccnc3cc(Br)cnc23)C1. The zero-order valence-corrected chi connectivity index (χ0v) is 12.7. The van der Waals surface area contributed by atoms with Crippen molar-refractivity contribution in [2.24, 2.45) is 0 Å². The molecule has 2 atom stereocenters. The molecule has 2 aromatic heterocycles. The Balaban J connectivity index is 2.05. The fourth-order valence-corrected chi connectivity index (χ4v) is 3.06. The van der Waals surface area contributed by atoms with Gasteiger partial charge in [0.05, 0.1) is 30.0 Å². The standard InChI is InChI=1S/C14H16BrN3O2/c1-20-11-5-10(8-19)18(7-11)13-2-3-16-12-4-9(15)6-17-14(12)13/h2-4,6,10-11,19H,5,7-8H2,1H3/t10-,11-/m0/s1. The maximum absolute atomic E-state index is 9.59. The molecule has 2 aromatic rings. The Bertz CT molecular complexity index is 622. The van der Waals surface area contributed by atoms with Crippen LogP contribution in [0.25, 0.3) is 11.0 Å². The van der Waals surface area contributed by atoms with E-state index in [1.54, 1.807) is 19.5 Å². The Morgan fingerprint density at radius 3 is 3.10 bits per heavy atom. The molecular weight excluding hydrogens is 322 g/mol. The maximum atomic E-state index is 9.59. The molecule has 1 aliphatic rings. The fraction of sp³-hybridized carbons (Fsp3) is 0.429. The van der Waals surface area contributed by atoms with Crippen molar-refractivity contribution in [2.75, 3.05) is 25.2 Å². The number of nitrogens with zero attached hydrogens (tertiary/aromatic N) is 3. The molecule has 1 saturated heterocycles. The van der Waals surface area contributed by atoms with Crippen molar-refractivity contribution < 1.29 is 9.84 Å². The highest BCUT2D eigenvalue weighted by molar-refractivity contribution is 9.10. The second-order valence-corrected chi connectivity index (χ2v) is 5.85. The van der Waals surface area contributed by atoms with Gasteiger partial charge in [0.25, 0.3) is 0 Å². The number of halogens is 1. The van der Waals surface area contributed by atoms with Gasteiger partial charge in [-0.3, -0.25) is 9.97 Å². The van der Waals surface area contributed by atoms with Gasteiger partial charge in [0.1, 0.15) is 5.52 Å². The molecule has 0 aromatic carbocycles. The Morgan fingerprint density at radius 1 is 1.50 bits per heavy atom. The number of hydrogen-bond donors (Lipinski definition) is 1. The average Bonchev–Trinajstić information content (AvgIpc) is 2.89. The Labute approximate surface area is 125 Å². The van der Waals surface area contributed by atoms with Crippen molar-refractivity contribution in [2.45, 2.75) is 18.6 Å². The minimum absolute atomic E-state index is 0.0657. The third-order valence-electron chi connectivity index (χ3n) is 3.75. The molecule has 1 N–H and O–H groups in total. The van der Waals surface area contributed by atoms with Crippen molar-refractivity contribution in [3.8, 4) is 0 Å². The van der Waals surface area contributed by atoms with E-state index in [2.05, 4.69) is 30.8 Å². The van der Waals surface area contributed by atoms with Gasteiger partial charge in [0, 0.05) is 30.5 Å². The molecule has 0 aliphatic carbocycles. The van der Waals surface area contributed by atoms with E-state index in [-0.39, 0.29) is 18.8 Å². The molecule has 0 spiro atoms. The van der Waals surface area contributed by atoms with Crippen LogP contribution in [0.15, 0.2) is 29.0 Å². The summed E-state index contributed by atoms with van der Waals surface area (Å²) in [6, 6.07) is 3.96. The van der Waals surface area contributed by atoms with Gasteiger partial charge in [-0.25, -0.2) is 0 Å². The van der Waals surface area contributed by atoms with E-state index >= 15 is 0 Å². The number of aromatic nitrogens is 2. The second kappa shape index (κ2) is 5.63. The molecule has 1 fully saturated rings. The predicted molar refractivity (Wildman–Crippen MR) is 80.9 cm³/mol. The van der Waals surface area contributed by atoms with E-state index in [1.807, 2.05) is 12.1 Å². The van der Waals surface area contributed by atoms with Crippen molar-refractivity contribution in [1.82, 2.24) is 9.97 Å². The van der Waals surface area contributed by atoms with Gasteiger partial charge in [-0.05, 0) is 34.5 Å². The van der Waals surface area contributed by atoms with Crippen LogP contribution in [0, 0.1) is 0 Å². The minimum Gasteiger partial charge on any atom is -0.394 e. The van der Waals surface area contributed by atoms with E-state index in [0.717, 1.165) is 34.2 Å². The second-order valence-electron chi connectivity index (χ2n) is 4.93. The number of methoxy groups -OCH3 is 1. The lowest BCUT2D eigenvalue weighted by atomic mass is 10.2. The summed E-state index contributed by atoms with van der Waals surface area (Å²) in [7, 11) is 1.71. The van der Waals surface area contributed by atoms with Gasteiger partial charge in [-0.15, -0.1) is 0 Å². The Morgan fingerprint density at radius 2 is 2.35 bits per heavy atom. The summed E-state index contributed by atoms with van der Waals surface area (Å²) in [6.45, 7) is 0.874. The predicted octanol–water partition coefficient (Wildman–Crippen LogP) is 1.98. The smallest absolute Gasteiger partial charge is 0.112 e. The van der Waals surface area contributed by atoms with E-state index in [9.17, 15) is 5.11 Å². The molecule has 20 heavy (non-hydrogen) atoms. The van der Waals surface area contributed by atoms with Crippen molar-refractivity contribution >= 4 is 32.7 Å². The zero-order valence-electron chi connectivity index (χ0n) is 11.2. The van der Waals surface area contributed by atoms with Gasteiger partial charge in [0.2, 0.25) is 0 Å².